The normalized spacial score (nSPS) is 11.2. The lowest BCUT2D eigenvalue weighted by Crippen LogP contribution is -2.21. The maximum atomic E-state index is 13.6. The molecule has 0 saturated carbocycles. The Balaban J connectivity index is 2.02. The molecule has 8 nitrogen and oxygen atoms in total. The Bertz CT molecular complexity index is 1070. The van der Waals surface area contributed by atoms with Gasteiger partial charge in [-0.15, -0.1) is 0 Å². The van der Waals surface area contributed by atoms with Gasteiger partial charge in [-0.1, -0.05) is 0 Å². The number of halogens is 3. The Hall–Kier alpha value is -3.89. The van der Waals surface area contributed by atoms with Crippen LogP contribution in [0.5, 0.6) is 5.75 Å². The first-order valence-electron chi connectivity index (χ1n) is 8.92. The average molecular weight is 433 g/mol. The van der Waals surface area contributed by atoms with E-state index in [4.69, 9.17) is 4.74 Å². The fourth-order valence-electron chi connectivity index (χ4n) is 2.82. The summed E-state index contributed by atoms with van der Waals surface area (Å²) >= 11 is 0. The number of methoxy groups -OCH3 is 1. The van der Waals surface area contributed by atoms with Crippen LogP contribution >= 0.6 is 0 Å². The van der Waals surface area contributed by atoms with Gasteiger partial charge in [-0.3, -0.25) is 10.1 Å². The SMILES string of the molecule is COc1ccc(N(C)c2nc(N(C)c3ccc([N+](=O)[O-])cc3)ncc2C(F)(F)F)cc1. The number of non-ortho nitro benzene ring substituents is 1. The largest absolute Gasteiger partial charge is 0.497 e. The van der Waals surface area contributed by atoms with E-state index >= 15 is 0 Å². The topological polar surface area (TPSA) is 84.6 Å². The van der Waals surface area contributed by atoms with Gasteiger partial charge in [-0.25, -0.2) is 4.98 Å². The molecule has 11 heteroatoms. The molecule has 0 fully saturated rings. The van der Waals surface area contributed by atoms with Crippen LogP contribution in [0.15, 0.2) is 54.7 Å². The van der Waals surface area contributed by atoms with Crippen LogP contribution in [0.25, 0.3) is 0 Å². The summed E-state index contributed by atoms with van der Waals surface area (Å²) in [7, 11) is 4.52. The molecule has 0 saturated heterocycles. The van der Waals surface area contributed by atoms with Crippen molar-refractivity contribution in [3.8, 4) is 5.75 Å². The quantitative estimate of drug-likeness (QED) is 0.402. The van der Waals surface area contributed by atoms with E-state index in [0.29, 0.717) is 17.1 Å². The molecule has 0 unspecified atom stereocenters. The third-order valence-electron chi connectivity index (χ3n) is 4.59. The second-order valence-corrected chi connectivity index (χ2v) is 6.49. The summed E-state index contributed by atoms with van der Waals surface area (Å²) in [5.41, 5.74) is -0.158. The number of nitrogens with zero attached hydrogens (tertiary/aromatic N) is 5. The fourth-order valence-corrected chi connectivity index (χ4v) is 2.82. The standard InChI is InChI=1S/C20H18F3N5O3/c1-26(13-8-10-16(31-3)11-9-13)18-17(20(21,22)23)12-24-19(25-18)27(2)14-4-6-15(7-5-14)28(29)30/h4-12H,1-3H3. The summed E-state index contributed by atoms with van der Waals surface area (Å²) in [6.07, 6.45) is -3.94. The van der Waals surface area contributed by atoms with Crippen LogP contribution in [0.4, 0.5) is 42.0 Å². The number of nitro groups is 1. The van der Waals surface area contributed by atoms with Crippen LogP contribution in [0.3, 0.4) is 0 Å². The highest BCUT2D eigenvalue weighted by atomic mass is 19.4. The van der Waals surface area contributed by atoms with Crippen molar-refractivity contribution in [1.29, 1.82) is 0 Å². The fraction of sp³-hybridized carbons (Fsp3) is 0.200. The lowest BCUT2D eigenvalue weighted by Gasteiger charge is -2.25. The van der Waals surface area contributed by atoms with Gasteiger partial charge >= 0.3 is 6.18 Å². The first-order chi connectivity index (χ1) is 14.6. The number of hydrogen-bond donors (Lipinski definition) is 0. The summed E-state index contributed by atoms with van der Waals surface area (Å²) in [4.78, 5) is 21.0. The van der Waals surface area contributed by atoms with E-state index in [1.165, 1.54) is 48.2 Å². The highest BCUT2D eigenvalue weighted by Gasteiger charge is 2.37. The van der Waals surface area contributed by atoms with E-state index in [2.05, 4.69) is 9.97 Å². The van der Waals surface area contributed by atoms with Crippen molar-refractivity contribution < 1.29 is 22.8 Å². The third-order valence-corrected chi connectivity index (χ3v) is 4.59. The molecule has 0 aliphatic rings. The zero-order valence-corrected chi connectivity index (χ0v) is 16.8. The van der Waals surface area contributed by atoms with Crippen LogP contribution < -0.4 is 14.5 Å². The lowest BCUT2D eigenvalue weighted by molar-refractivity contribution is -0.384. The minimum atomic E-state index is -4.67. The molecule has 3 rings (SSSR count). The van der Waals surface area contributed by atoms with Gasteiger partial charge in [0.2, 0.25) is 5.95 Å². The number of hydrogen-bond acceptors (Lipinski definition) is 7. The maximum absolute atomic E-state index is 13.6. The van der Waals surface area contributed by atoms with Gasteiger partial charge in [-0.05, 0) is 36.4 Å². The van der Waals surface area contributed by atoms with Crippen LogP contribution in [0.1, 0.15) is 5.56 Å². The van der Waals surface area contributed by atoms with Gasteiger partial charge in [0.15, 0.2) is 5.82 Å². The maximum Gasteiger partial charge on any atom is 0.421 e. The van der Waals surface area contributed by atoms with Gasteiger partial charge in [0.05, 0.1) is 12.0 Å². The van der Waals surface area contributed by atoms with Crippen molar-refractivity contribution in [2.45, 2.75) is 6.18 Å². The van der Waals surface area contributed by atoms with Crippen molar-refractivity contribution in [1.82, 2.24) is 9.97 Å². The van der Waals surface area contributed by atoms with Crippen molar-refractivity contribution >= 4 is 28.8 Å². The Labute approximate surface area is 175 Å². The molecule has 0 aliphatic carbocycles. The highest BCUT2D eigenvalue weighted by Crippen LogP contribution is 2.38. The number of anilines is 4. The molecule has 1 heterocycles. The number of alkyl halides is 3. The summed E-state index contributed by atoms with van der Waals surface area (Å²) in [6, 6.07) is 12.0. The molecule has 162 valence electrons. The summed E-state index contributed by atoms with van der Waals surface area (Å²) in [5, 5.41) is 10.8. The lowest BCUT2D eigenvalue weighted by atomic mass is 10.2. The van der Waals surface area contributed by atoms with Crippen LogP contribution in [0.2, 0.25) is 0 Å². The van der Waals surface area contributed by atoms with Gasteiger partial charge < -0.3 is 14.5 Å². The van der Waals surface area contributed by atoms with E-state index in [1.54, 1.807) is 31.3 Å². The predicted molar refractivity (Wildman–Crippen MR) is 109 cm³/mol. The molecule has 0 aliphatic heterocycles. The Kier molecular flexibility index (Phi) is 5.95. The number of rotatable bonds is 6. The molecule has 3 aromatic rings. The Morgan fingerprint density at radius 3 is 2.03 bits per heavy atom. The zero-order valence-electron chi connectivity index (χ0n) is 16.8. The van der Waals surface area contributed by atoms with Crippen LogP contribution in [-0.2, 0) is 6.18 Å². The van der Waals surface area contributed by atoms with Crippen molar-refractivity contribution in [3.63, 3.8) is 0 Å². The van der Waals surface area contributed by atoms with Crippen molar-refractivity contribution in [3.05, 3.63) is 70.4 Å². The summed E-state index contributed by atoms with van der Waals surface area (Å²) in [6.45, 7) is 0. The van der Waals surface area contributed by atoms with Gasteiger partial charge in [0.1, 0.15) is 11.3 Å². The average Bonchev–Trinajstić information content (AvgIpc) is 2.77. The minimum absolute atomic E-state index is 0.00258. The molecule has 0 atom stereocenters. The van der Waals surface area contributed by atoms with Crippen LogP contribution in [0, 0.1) is 10.1 Å². The monoisotopic (exact) mass is 433 g/mol. The van der Waals surface area contributed by atoms with E-state index < -0.39 is 16.7 Å². The third kappa shape index (κ3) is 4.65. The highest BCUT2D eigenvalue weighted by molar-refractivity contribution is 5.66. The van der Waals surface area contributed by atoms with Crippen molar-refractivity contribution in [2.75, 3.05) is 31.0 Å². The minimum Gasteiger partial charge on any atom is -0.497 e. The predicted octanol–water partition coefficient (Wildman–Crippen LogP) is 4.95. The number of aromatic nitrogens is 2. The molecule has 0 amide bonds. The van der Waals surface area contributed by atoms with Gasteiger partial charge in [0.25, 0.3) is 5.69 Å². The molecule has 0 spiro atoms. The summed E-state index contributed by atoms with van der Waals surface area (Å²) in [5.74, 6) is 0.225. The van der Waals surface area contributed by atoms with Crippen LogP contribution in [-0.4, -0.2) is 36.1 Å². The first-order valence-corrected chi connectivity index (χ1v) is 8.92. The number of nitro benzene ring substituents is 1. The Morgan fingerprint density at radius 1 is 0.968 bits per heavy atom. The molecule has 31 heavy (non-hydrogen) atoms. The van der Waals surface area contributed by atoms with E-state index in [0.717, 1.165) is 6.20 Å². The van der Waals surface area contributed by atoms with E-state index in [9.17, 15) is 23.3 Å². The summed E-state index contributed by atoms with van der Waals surface area (Å²) < 4.78 is 45.9. The zero-order chi connectivity index (χ0) is 22.8. The smallest absolute Gasteiger partial charge is 0.421 e. The second kappa shape index (κ2) is 8.46. The number of benzene rings is 2. The molecular weight excluding hydrogens is 415 g/mol. The molecule has 0 N–H and O–H groups in total. The molecule has 0 radical (unpaired) electrons. The second-order valence-electron chi connectivity index (χ2n) is 6.49. The first kappa shape index (κ1) is 21.8. The van der Waals surface area contributed by atoms with Gasteiger partial charge in [0, 0.05) is 43.8 Å². The van der Waals surface area contributed by atoms with Crippen molar-refractivity contribution in [2.24, 2.45) is 0 Å². The molecule has 1 aromatic heterocycles. The van der Waals surface area contributed by atoms with Gasteiger partial charge in [-0.2, -0.15) is 18.2 Å². The number of ether oxygens (including phenoxy) is 1. The molecule has 2 aromatic carbocycles. The molecule has 0 bridgehead atoms. The van der Waals surface area contributed by atoms with E-state index in [-0.39, 0.29) is 17.5 Å². The van der Waals surface area contributed by atoms with E-state index in [1.807, 2.05) is 0 Å². The Morgan fingerprint density at radius 2 is 1.52 bits per heavy atom. The molecular formula is C20H18F3N5O3.